The van der Waals surface area contributed by atoms with E-state index in [1.807, 2.05) is 19.1 Å². The van der Waals surface area contributed by atoms with Gasteiger partial charge in [-0.3, -0.25) is 0 Å². The van der Waals surface area contributed by atoms with E-state index in [0.717, 1.165) is 55.2 Å². The molecule has 0 radical (unpaired) electrons. The first-order valence-electron chi connectivity index (χ1n) is 11.8. The number of hydrogen-bond donors (Lipinski definition) is 1. The molecule has 2 aliphatic rings. The molecule has 0 bridgehead atoms. The number of anilines is 2. The normalized spacial score (nSPS) is 18.5. The maximum absolute atomic E-state index is 12.9. The molecule has 34 heavy (non-hydrogen) atoms. The van der Waals surface area contributed by atoms with Crippen LogP contribution in [0.4, 0.5) is 11.5 Å². The van der Waals surface area contributed by atoms with E-state index in [1.54, 1.807) is 16.6 Å². The van der Waals surface area contributed by atoms with Gasteiger partial charge in [0, 0.05) is 49.7 Å². The van der Waals surface area contributed by atoms with Crippen LogP contribution in [0.15, 0.2) is 35.5 Å². The predicted molar refractivity (Wildman–Crippen MR) is 130 cm³/mol. The summed E-state index contributed by atoms with van der Waals surface area (Å²) in [6, 6.07) is 7.31. The Bertz CT molecular complexity index is 1250. The van der Waals surface area contributed by atoms with Gasteiger partial charge in [0.05, 0.1) is 18.1 Å². The Hall–Kier alpha value is -2.76. The number of hydrogen-bond acceptors (Lipinski definition) is 8. The lowest BCUT2D eigenvalue weighted by Gasteiger charge is -2.34. The van der Waals surface area contributed by atoms with Crippen LogP contribution in [0.3, 0.4) is 0 Å². The van der Waals surface area contributed by atoms with Gasteiger partial charge >= 0.3 is 0 Å². The Morgan fingerprint density at radius 1 is 1.06 bits per heavy atom. The lowest BCUT2D eigenvalue weighted by molar-refractivity contribution is 0.0730. The van der Waals surface area contributed by atoms with Gasteiger partial charge in [0.1, 0.15) is 12.1 Å². The number of nitrogens with zero attached hydrogens (tertiary/aromatic N) is 6. The molecule has 11 heteroatoms. The van der Waals surface area contributed by atoms with E-state index >= 15 is 0 Å². The second kappa shape index (κ2) is 9.47. The summed E-state index contributed by atoms with van der Waals surface area (Å²) in [6.45, 7) is 8.51. The van der Waals surface area contributed by atoms with Crippen molar-refractivity contribution in [1.82, 2.24) is 23.9 Å². The fourth-order valence-electron chi connectivity index (χ4n) is 4.64. The van der Waals surface area contributed by atoms with Crippen molar-refractivity contribution in [3.05, 3.63) is 41.9 Å². The third-order valence-corrected chi connectivity index (χ3v) is 8.80. The molecule has 1 N–H and O–H groups in total. The number of benzene rings is 1. The summed E-state index contributed by atoms with van der Waals surface area (Å²) in [6.07, 6.45) is 3.65. The van der Waals surface area contributed by atoms with Crippen molar-refractivity contribution in [3.63, 3.8) is 0 Å². The second-order valence-corrected chi connectivity index (χ2v) is 10.9. The van der Waals surface area contributed by atoms with Gasteiger partial charge in [-0.05, 0) is 56.9 Å². The highest BCUT2D eigenvalue weighted by molar-refractivity contribution is 7.89. The zero-order chi connectivity index (χ0) is 23.7. The van der Waals surface area contributed by atoms with Crippen LogP contribution in [0.1, 0.15) is 24.1 Å². The summed E-state index contributed by atoms with van der Waals surface area (Å²) >= 11 is 0. The minimum atomic E-state index is -3.46. The quantitative estimate of drug-likeness (QED) is 0.566. The SMILES string of the molecule is Cc1nc2ncnn2c(NCC2CCN(c3ccc(S(=O)(=O)N4CCOCC4)cc3)CC2)c1C. The van der Waals surface area contributed by atoms with Gasteiger partial charge < -0.3 is 15.0 Å². The van der Waals surface area contributed by atoms with Gasteiger partial charge in [-0.15, -0.1) is 0 Å². The lowest BCUT2D eigenvalue weighted by atomic mass is 9.96. The van der Waals surface area contributed by atoms with Gasteiger partial charge in [-0.25, -0.2) is 13.4 Å². The Morgan fingerprint density at radius 3 is 2.47 bits per heavy atom. The number of fused-ring (bicyclic) bond motifs is 1. The second-order valence-electron chi connectivity index (χ2n) is 8.96. The molecule has 0 saturated carbocycles. The third-order valence-electron chi connectivity index (χ3n) is 6.89. The molecule has 4 heterocycles. The van der Waals surface area contributed by atoms with Crippen molar-refractivity contribution in [2.75, 3.05) is 56.2 Å². The van der Waals surface area contributed by atoms with Gasteiger partial charge in [0.25, 0.3) is 5.78 Å². The maximum Gasteiger partial charge on any atom is 0.254 e. The Morgan fingerprint density at radius 2 is 1.76 bits per heavy atom. The van der Waals surface area contributed by atoms with E-state index in [0.29, 0.717) is 42.9 Å². The molecule has 1 aromatic carbocycles. The first-order valence-corrected chi connectivity index (χ1v) is 13.2. The standard InChI is InChI=1S/C23H31N7O3S/c1-17-18(2)27-23-25-16-26-30(23)22(17)24-15-19-7-9-28(10-8-19)20-3-5-21(6-4-20)34(31,32)29-11-13-33-14-12-29/h3-6,16,19,24H,7-15H2,1-2H3. The largest absolute Gasteiger partial charge is 0.379 e. The molecule has 0 spiro atoms. The van der Waals surface area contributed by atoms with Crippen LogP contribution in [0.2, 0.25) is 0 Å². The van der Waals surface area contributed by atoms with Crippen molar-refractivity contribution in [1.29, 1.82) is 0 Å². The smallest absolute Gasteiger partial charge is 0.254 e. The number of aromatic nitrogens is 4. The minimum Gasteiger partial charge on any atom is -0.379 e. The fourth-order valence-corrected chi connectivity index (χ4v) is 6.05. The summed E-state index contributed by atoms with van der Waals surface area (Å²) in [5.41, 5.74) is 3.11. The number of morpholine rings is 1. The molecule has 0 atom stereocenters. The number of rotatable bonds is 6. The molecule has 0 aliphatic carbocycles. The first kappa shape index (κ1) is 23.0. The van der Waals surface area contributed by atoms with Crippen LogP contribution >= 0.6 is 0 Å². The Balaban J connectivity index is 1.18. The number of sulfonamides is 1. The Labute approximate surface area is 200 Å². The van der Waals surface area contributed by atoms with E-state index in [2.05, 4.69) is 32.2 Å². The average Bonchev–Trinajstić information content (AvgIpc) is 3.33. The molecule has 2 fully saturated rings. The van der Waals surface area contributed by atoms with Gasteiger partial charge in [0.15, 0.2) is 0 Å². The van der Waals surface area contributed by atoms with Crippen molar-refractivity contribution in [2.45, 2.75) is 31.6 Å². The van der Waals surface area contributed by atoms with Crippen molar-refractivity contribution in [2.24, 2.45) is 5.92 Å². The molecule has 2 aliphatic heterocycles. The summed E-state index contributed by atoms with van der Waals surface area (Å²) < 4.78 is 34.3. The maximum atomic E-state index is 12.9. The highest BCUT2D eigenvalue weighted by Gasteiger charge is 2.27. The molecule has 0 unspecified atom stereocenters. The van der Waals surface area contributed by atoms with E-state index in [4.69, 9.17) is 4.74 Å². The molecule has 2 saturated heterocycles. The van der Waals surface area contributed by atoms with Gasteiger partial charge in [-0.2, -0.15) is 18.9 Å². The Kier molecular flexibility index (Phi) is 6.41. The number of nitrogens with one attached hydrogen (secondary N) is 1. The summed E-state index contributed by atoms with van der Waals surface area (Å²) in [4.78, 5) is 11.4. The third kappa shape index (κ3) is 4.47. The van der Waals surface area contributed by atoms with E-state index in [9.17, 15) is 8.42 Å². The van der Waals surface area contributed by atoms with Crippen molar-refractivity contribution < 1.29 is 13.2 Å². The van der Waals surface area contributed by atoms with Crippen LogP contribution in [-0.2, 0) is 14.8 Å². The molecular weight excluding hydrogens is 454 g/mol. The zero-order valence-electron chi connectivity index (χ0n) is 19.6. The highest BCUT2D eigenvalue weighted by atomic mass is 32.2. The zero-order valence-corrected chi connectivity index (χ0v) is 20.5. The molecular formula is C23H31N7O3S. The lowest BCUT2D eigenvalue weighted by Crippen LogP contribution is -2.40. The van der Waals surface area contributed by atoms with Crippen molar-refractivity contribution in [3.8, 4) is 0 Å². The highest BCUT2D eigenvalue weighted by Crippen LogP contribution is 2.27. The molecule has 10 nitrogen and oxygen atoms in total. The molecule has 2 aromatic heterocycles. The van der Waals surface area contributed by atoms with Crippen LogP contribution in [0, 0.1) is 19.8 Å². The van der Waals surface area contributed by atoms with Gasteiger partial charge in [0.2, 0.25) is 10.0 Å². The molecule has 182 valence electrons. The topological polar surface area (TPSA) is 105 Å². The van der Waals surface area contributed by atoms with Gasteiger partial charge in [-0.1, -0.05) is 0 Å². The number of piperidine rings is 1. The van der Waals surface area contributed by atoms with E-state index < -0.39 is 10.0 Å². The van der Waals surface area contributed by atoms with Crippen LogP contribution in [0.25, 0.3) is 5.78 Å². The monoisotopic (exact) mass is 485 g/mol. The van der Waals surface area contributed by atoms with Crippen LogP contribution in [0.5, 0.6) is 0 Å². The first-order chi connectivity index (χ1) is 16.4. The number of aryl methyl sites for hydroxylation is 1. The summed E-state index contributed by atoms with van der Waals surface area (Å²) in [5.74, 6) is 2.11. The van der Waals surface area contributed by atoms with Crippen molar-refractivity contribution >= 4 is 27.3 Å². The van der Waals surface area contributed by atoms with E-state index in [-0.39, 0.29) is 0 Å². The predicted octanol–water partition coefficient (Wildman–Crippen LogP) is 2.09. The summed E-state index contributed by atoms with van der Waals surface area (Å²) in [7, 11) is -3.46. The average molecular weight is 486 g/mol. The van der Waals surface area contributed by atoms with Crippen LogP contribution < -0.4 is 10.2 Å². The minimum absolute atomic E-state index is 0.347. The fraction of sp³-hybridized carbons (Fsp3) is 0.522. The van der Waals surface area contributed by atoms with Crippen LogP contribution in [-0.4, -0.2) is 78.2 Å². The molecule has 0 amide bonds. The molecule has 5 rings (SSSR count). The number of ether oxygens (including phenoxy) is 1. The summed E-state index contributed by atoms with van der Waals surface area (Å²) in [5, 5.41) is 7.89. The molecule has 3 aromatic rings. The van der Waals surface area contributed by atoms with E-state index in [1.165, 1.54) is 10.6 Å².